The molecule has 0 unspecified atom stereocenters. The lowest BCUT2D eigenvalue weighted by molar-refractivity contribution is 0.0657. The summed E-state index contributed by atoms with van der Waals surface area (Å²) in [7, 11) is 0. The number of nitrogens with zero attached hydrogens (tertiary/aromatic N) is 1. The molecular formula is C18H19BrN2O3. The number of ether oxygens (including phenoxy) is 1. The van der Waals surface area contributed by atoms with Gasteiger partial charge in [0, 0.05) is 15.6 Å². The van der Waals surface area contributed by atoms with Gasteiger partial charge in [0.15, 0.2) is 0 Å². The Morgan fingerprint density at radius 3 is 2.62 bits per heavy atom. The molecule has 0 aliphatic heterocycles. The molecule has 0 fully saturated rings. The number of phenolic OH excluding ortho intramolecular Hbond substituents is 1. The molecule has 0 saturated heterocycles. The lowest BCUT2D eigenvalue weighted by atomic mass is 10.1. The Bertz CT molecular complexity index is 728. The minimum atomic E-state index is -0.320. The van der Waals surface area contributed by atoms with E-state index in [0.29, 0.717) is 17.7 Å². The van der Waals surface area contributed by atoms with Gasteiger partial charge in [-0.15, -0.1) is 0 Å². The molecule has 0 radical (unpaired) electrons. The molecule has 0 bridgehead atoms. The van der Waals surface area contributed by atoms with Crippen molar-refractivity contribution in [3.63, 3.8) is 0 Å². The van der Waals surface area contributed by atoms with Gasteiger partial charge >= 0.3 is 0 Å². The molecule has 0 atom stereocenters. The number of nitrogens with one attached hydrogen (secondary N) is 1. The number of hydrazone groups is 1. The van der Waals surface area contributed by atoms with E-state index in [9.17, 15) is 9.90 Å². The van der Waals surface area contributed by atoms with E-state index in [1.807, 2.05) is 26.0 Å². The van der Waals surface area contributed by atoms with E-state index < -0.39 is 0 Å². The van der Waals surface area contributed by atoms with Crippen LogP contribution in [0.4, 0.5) is 0 Å². The zero-order valence-corrected chi connectivity index (χ0v) is 15.1. The standard InChI is InChI=1S/C18H19BrN2O3/c1-12(2)24-11-13-3-5-14(6-4-13)18(23)21-20-10-15-7-8-16(19)9-17(15)22/h3-10,12,22H,11H2,1-2H3,(H,21,23). The second kappa shape index (κ2) is 8.61. The van der Waals surface area contributed by atoms with Crippen molar-refractivity contribution in [3.05, 3.63) is 63.6 Å². The summed E-state index contributed by atoms with van der Waals surface area (Å²) in [6.07, 6.45) is 1.56. The fourth-order valence-electron chi connectivity index (χ4n) is 1.87. The summed E-state index contributed by atoms with van der Waals surface area (Å²) < 4.78 is 6.28. The Morgan fingerprint density at radius 1 is 1.29 bits per heavy atom. The number of amides is 1. The number of halogens is 1. The lowest BCUT2D eigenvalue weighted by Gasteiger charge is -2.07. The third-order valence-electron chi connectivity index (χ3n) is 3.16. The Labute approximate surface area is 149 Å². The largest absolute Gasteiger partial charge is 0.507 e. The average Bonchev–Trinajstić information content (AvgIpc) is 2.55. The molecule has 0 spiro atoms. The first-order chi connectivity index (χ1) is 11.5. The minimum absolute atomic E-state index is 0.0804. The molecule has 6 heteroatoms. The van der Waals surface area contributed by atoms with Crippen LogP contribution in [0.3, 0.4) is 0 Å². The number of carbonyl (C=O) groups is 1. The van der Waals surface area contributed by atoms with E-state index >= 15 is 0 Å². The van der Waals surface area contributed by atoms with E-state index in [1.165, 1.54) is 6.21 Å². The molecule has 2 N–H and O–H groups in total. The molecule has 0 aliphatic rings. The maximum atomic E-state index is 12.0. The molecule has 0 aliphatic carbocycles. The van der Waals surface area contributed by atoms with Crippen LogP contribution < -0.4 is 5.43 Å². The summed E-state index contributed by atoms with van der Waals surface area (Å²) in [5, 5.41) is 13.6. The molecule has 24 heavy (non-hydrogen) atoms. The number of carbonyl (C=O) groups excluding carboxylic acids is 1. The molecule has 2 rings (SSSR count). The molecule has 1 amide bonds. The average molecular weight is 391 g/mol. The smallest absolute Gasteiger partial charge is 0.271 e. The zero-order valence-electron chi connectivity index (χ0n) is 13.5. The van der Waals surface area contributed by atoms with Gasteiger partial charge in [0.2, 0.25) is 0 Å². The van der Waals surface area contributed by atoms with Crippen LogP contribution in [0.15, 0.2) is 52.0 Å². The highest BCUT2D eigenvalue weighted by Gasteiger charge is 2.05. The second-order valence-electron chi connectivity index (χ2n) is 5.46. The highest BCUT2D eigenvalue weighted by molar-refractivity contribution is 9.10. The van der Waals surface area contributed by atoms with Crippen LogP contribution in [0.5, 0.6) is 5.75 Å². The van der Waals surface area contributed by atoms with Crippen LogP contribution in [0.2, 0.25) is 0 Å². The maximum absolute atomic E-state index is 12.0. The fraction of sp³-hybridized carbons (Fsp3) is 0.222. The van der Waals surface area contributed by atoms with Crippen LogP contribution in [0.1, 0.15) is 35.3 Å². The van der Waals surface area contributed by atoms with Gasteiger partial charge in [-0.2, -0.15) is 5.10 Å². The molecule has 5 nitrogen and oxygen atoms in total. The van der Waals surface area contributed by atoms with E-state index in [-0.39, 0.29) is 17.8 Å². The summed E-state index contributed by atoms with van der Waals surface area (Å²) in [4.78, 5) is 12.0. The van der Waals surface area contributed by atoms with Crippen LogP contribution in [0, 0.1) is 0 Å². The van der Waals surface area contributed by atoms with Crippen molar-refractivity contribution in [2.24, 2.45) is 5.10 Å². The molecular weight excluding hydrogens is 372 g/mol. The molecule has 2 aromatic carbocycles. The van der Waals surface area contributed by atoms with Gasteiger partial charge in [0.25, 0.3) is 5.91 Å². The Balaban J connectivity index is 1.93. The van der Waals surface area contributed by atoms with Crippen LogP contribution in [-0.2, 0) is 11.3 Å². The highest BCUT2D eigenvalue weighted by Crippen LogP contribution is 2.20. The first-order valence-corrected chi connectivity index (χ1v) is 8.27. The van der Waals surface area contributed by atoms with Crippen LogP contribution in [0.25, 0.3) is 0 Å². The Morgan fingerprint density at radius 2 is 2.00 bits per heavy atom. The molecule has 0 saturated carbocycles. The predicted octanol–water partition coefficient (Wildman–Crippen LogP) is 3.84. The van der Waals surface area contributed by atoms with Crippen LogP contribution >= 0.6 is 15.9 Å². The van der Waals surface area contributed by atoms with Crippen molar-refractivity contribution in [1.29, 1.82) is 0 Å². The van der Waals surface area contributed by atoms with Gasteiger partial charge in [0.05, 0.1) is 18.9 Å². The first-order valence-electron chi connectivity index (χ1n) is 7.48. The van der Waals surface area contributed by atoms with Crippen molar-refractivity contribution in [2.45, 2.75) is 26.6 Å². The maximum Gasteiger partial charge on any atom is 0.271 e. The third kappa shape index (κ3) is 5.47. The van der Waals surface area contributed by atoms with E-state index in [1.54, 1.807) is 30.3 Å². The summed E-state index contributed by atoms with van der Waals surface area (Å²) in [5.74, 6) is -0.240. The van der Waals surface area contributed by atoms with Crippen molar-refractivity contribution in [3.8, 4) is 5.75 Å². The summed E-state index contributed by atoms with van der Waals surface area (Å²) in [5.41, 5.74) is 4.45. The predicted molar refractivity (Wildman–Crippen MR) is 97.2 cm³/mol. The number of phenols is 1. The van der Waals surface area contributed by atoms with Gasteiger partial charge in [0.1, 0.15) is 5.75 Å². The molecule has 0 heterocycles. The monoisotopic (exact) mass is 390 g/mol. The van der Waals surface area contributed by atoms with Crippen molar-refractivity contribution in [1.82, 2.24) is 5.43 Å². The SMILES string of the molecule is CC(C)OCc1ccc(C(=O)NN=Cc2ccc(Br)cc2O)cc1. The minimum Gasteiger partial charge on any atom is -0.507 e. The molecule has 0 aromatic heterocycles. The van der Waals surface area contributed by atoms with Crippen molar-refractivity contribution in [2.75, 3.05) is 0 Å². The first kappa shape index (κ1) is 18.2. The van der Waals surface area contributed by atoms with Gasteiger partial charge in [-0.05, 0) is 49.7 Å². The molecule has 2 aromatic rings. The fourth-order valence-corrected chi connectivity index (χ4v) is 2.22. The van der Waals surface area contributed by atoms with E-state index in [0.717, 1.165) is 10.0 Å². The van der Waals surface area contributed by atoms with Gasteiger partial charge in [-0.1, -0.05) is 28.1 Å². The normalized spacial score (nSPS) is 11.2. The van der Waals surface area contributed by atoms with Crippen LogP contribution in [-0.4, -0.2) is 23.3 Å². The topological polar surface area (TPSA) is 70.9 Å². The summed E-state index contributed by atoms with van der Waals surface area (Å²) in [6.45, 7) is 4.46. The number of benzene rings is 2. The second-order valence-corrected chi connectivity index (χ2v) is 6.37. The number of aromatic hydroxyl groups is 1. The Hall–Kier alpha value is -2.18. The quantitative estimate of drug-likeness (QED) is 0.581. The highest BCUT2D eigenvalue weighted by atomic mass is 79.9. The number of hydrogen-bond acceptors (Lipinski definition) is 4. The third-order valence-corrected chi connectivity index (χ3v) is 3.65. The van der Waals surface area contributed by atoms with Crippen molar-refractivity contribution >= 4 is 28.1 Å². The van der Waals surface area contributed by atoms with E-state index in [4.69, 9.17) is 4.74 Å². The Kier molecular flexibility index (Phi) is 6.52. The number of hydrogen-bond donors (Lipinski definition) is 2. The number of rotatable bonds is 6. The summed E-state index contributed by atoms with van der Waals surface area (Å²) in [6, 6.07) is 12.2. The van der Waals surface area contributed by atoms with Crippen molar-refractivity contribution < 1.29 is 14.6 Å². The zero-order chi connectivity index (χ0) is 17.5. The van der Waals surface area contributed by atoms with Gasteiger partial charge in [-0.3, -0.25) is 4.79 Å². The van der Waals surface area contributed by atoms with Gasteiger partial charge in [-0.25, -0.2) is 5.43 Å². The lowest BCUT2D eigenvalue weighted by Crippen LogP contribution is -2.17. The van der Waals surface area contributed by atoms with E-state index in [2.05, 4.69) is 26.5 Å². The molecule has 126 valence electrons. The summed E-state index contributed by atoms with van der Waals surface area (Å²) >= 11 is 3.26. The van der Waals surface area contributed by atoms with Gasteiger partial charge < -0.3 is 9.84 Å².